The van der Waals surface area contributed by atoms with Crippen LogP contribution < -0.4 is 20.3 Å². The normalized spacial score (nSPS) is 23.2. The SMILES string of the molecule is Cc1ccccc1OC1CCC(C2=c3[nH]c4c(c3CN=N2)N(C)CC=C(Cl)C=4)CC1. The zero-order valence-corrected chi connectivity index (χ0v) is 18.2. The van der Waals surface area contributed by atoms with Crippen molar-refractivity contribution in [2.45, 2.75) is 45.3 Å². The van der Waals surface area contributed by atoms with E-state index < -0.39 is 0 Å². The number of azo groups is 1. The number of H-pyrrole nitrogens is 1. The zero-order chi connectivity index (χ0) is 20.7. The second-order valence-electron chi connectivity index (χ2n) is 8.50. The number of aromatic amines is 1. The molecule has 0 unspecified atom stereocenters. The lowest BCUT2D eigenvalue weighted by atomic mass is 9.84. The van der Waals surface area contributed by atoms with E-state index in [2.05, 4.69) is 52.3 Å². The number of rotatable bonds is 3. The lowest BCUT2D eigenvalue weighted by Gasteiger charge is -2.29. The third kappa shape index (κ3) is 3.56. The largest absolute Gasteiger partial charge is 0.490 e. The molecule has 156 valence electrons. The Bertz CT molecular complexity index is 1140. The van der Waals surface area contributed by atoms with E-state index in [0.29, 0.717) is 12.5 Å². The molecule has 30 heavy (non-hydrogen) atoms. The van der Waals surface area contributed by atoms with Crippen LogP contribution in [-0.4, -0.2) is 24.7 Å². The fourth-order valence-electron chi connectivity index (χ4n) is 4.82. The topological polar surface area (TPSA) is 53.0 Å². The number of aryl methyl sites for hydroxylation is 1. The number of nitrogens with zero attached hydrogens (tertiary/aromatic N) is 3. The number of likely N-dealkylation sites (N-methyl/N-ethyl adjacent to an activating group) is 1. The predicted molar refractivity (Wildman–Crippen MR) is 121 cm³/mol. The summed E-state index contributed by atoms with van der Waals surface area (Å²) in [4.78, 5) is 5.85. The summed E-state index contributed by atoms with van der Waals surface area (Å²) in [6, 6.07) is 8.26. The van der Waals surface area contributed by atoms with Crippen LogP contribution in [0.3, 0.4) is 0 Å². The summed E-state index contributed by atoms with van der Waals surface area (Å²) in [7, 11) is 2.10. The molecule has 1 aromatic heterocycles. The van der Waals surface area contributed by atoms with Crippen LogP contribution in [0.4, 0.5) is 5.69 Å². The molecule has 0 amide bonds. The number of aromatic nitrogens is 1. The first kappa shape index (κ1) is 19.4. The smallest absolute Gasteiger partial charge is 0.122 e. The van der Waals surface area contributed by atoms with Gasteiger partial charge in [-0.05, 0) is 56.4 Å². The molecule has 1 aromatic carbocycles. The van der Waals surface area contributed by atoms with E-state index in [0.717, 1.165) is 59.4 Å². The van der Waals surface area contributed by atoms with Gasteiger partial charge in [-0.3, -0.25) is 0 Å². The van der Waals surface area contributed by atoms with Gasteiger partial charge in [-0.15, -0.1) is 0 Å². The molecule has 1 fully saturated rings. The highest BCUT2D eigenvalue weighted by molar-refractivity contribution is 6.34. The van der Waals surface area contributed by atoms with Gasteiger partial charge in [-0.1, -0.05) is 29.8 Å². The Morgan fingerprint density at radius 3 is 2.77 bits per heavy atom. The predicted octanol–water partition coefficient (Wildman–Crippen LogP) is 4.39. The van der Waals surface area contributed by atoms with Crippen LogP contribution in [0.25, 0.3) is 11.8 Å². The van der Waals surface area contributed by atoms with Crippen LogP contribution in [0.1, 0.15) is 36.8 Å². The molecule has 0 spiro atoms. The van der Waals surface area contributed by atoms with Crippen LogP contribution in [0.2, 0.25) is 0 Å². The second kappa shape index (κ2) is 7.95. The van der Waals surface area contributed by atoms with Gasteiger partial charge in [-0.2, -0.15) is 10.2 Å². The van der Waals surface area contributed by atoms with E-state index in [1.54, 1.807) is 0 Å². The summed E-state index contributed by atoms with van der Waals surface area (Å²) in [5.41, 5.74) is 4.73. The van der Waals surface area contributed by atoms with E-state index in [-0.39, 0.29) is 6.10 Å². The molecule has 0 bridgehead atoms. The summed E-state index contributed by atoms with van der Waals surface area (Å²) in [6.45, 7) is 3.51. The number of hydrogen-bond donors (Lipinski definition) is 1. The van der Waals surface area contributed by atoms with Crippen molar-refractivity contribution in [3.63, 3.8) is 0 Å². The van der Waals surface area contributed by atoms with Gasteiger partial charge in [0.2, 0.25) is 0 Å². The van der Waals surface area contributed by atoms with Crippen LogP contribution in [0.5, 0.6) is 5.75 Å². The van der Waals surface area contributed by atoms with Gasteiger partial charge in [0.25, 0.3) is 0 Å². The molecular weight excluding hydrogens is 396 g/mol. The Kier molecular flexibility index (Phi) is 5.15. The molecule has 0 saturated heterocycles. The van der Waals surface area contributed by atoms with E-state index in [9.17, 15) is 0 Å². The van der Waals surface area contributed by atoms with E-state index in [1.165, 1.54) is 16.8 Å². The van der Waals surface area contributed by atoms with Crippen LogP contribution >= 0.6 is 11.6 Å². The van der Waals surface area contributed by atoms with Crippen molar-refractivity contribution in [2.75, 3.05) is 18.5 Å². The summed E-state index contributed by atoms with van der Waals surface area (Å²) in [5, 5.41) is 12.1. The minimum absolute atomic E-state index is 0.270. The fraction of sp³-hybridized carbons (Fsp3) is 0.417. The second-order valence-corrected chi connectivity index (χ2v) is 8.93. The van der Waals surface area contributed by atoms with Crippen molar-refractivity contribution in [2.24, 2.45) is 16.1 Å². The molecule has 1 N–H and O–H groups in total. The first-order valence-corrected chi connectivity index (χ1v) is 11.1. The quantitative estimate of drug-likeness (QED) is 0.797. The number of nitrogens with one attached hydrogen (secondary N) is 1. The van der Waals surface area contributed by atoms with Gasteiger partial charge in [-0.25, -0.2) is 0 Å². The number of allylic oxidation sites excluding steroid dienone is 1. The third-order valence-electron chi connectivity index (χ3n) is 6.44. The highest BCUT2D eigenvalue weighted by Crippen LogP contribution is 2.35. The minimum Gasteiger partial charge on any atom is -0.490 e. The Hall–Kier alpha value is -2.53. The maximum Gasteiger partial charge on any atom is 0.122 e. The summed E-state index contributed by atoms with van der Waals surface area (Å²) >= 11 is 6.35. The molecule has 0 radical (unpaired) electrons. The van der Waals surface area contributed by atoms with Gasteiger partial charge in [0, 0.05) is 30.1 Å². The van der Waals surface area contributed by atoms with Gasteiger partial charge >= 0.3 is 0 Å². The lowest BCUT2D eigenvalue weighted by molar-refractivity contribution is 0.141. The summed E-state index contributed by atoms with van der Waals surface area (Å²) < 4.78 is 6.29. The fourth-order valence-corrected chi connectivity index (χ4v) is 4.99. The number of hydrogen-bond acceptors (Lipinski definition) is 4. The van der Waals surface area contributed by atoms with Gasteiger partial charge in [0.15, 0.2) is 0 Å². The Labute approximate surface area is 181 Å². The number of anilines is 1. The number of benzene rings is 1. The molecule has 5 rings (SSSR count). The van der Waals surface area contributed by atoms with Crippen molar-refractivity contribution in [3.05, 3.63) is 57.2 Å². The van der Waals surface area contributed by atoms with Crippen LogP contribution in [0, 0.1) is 12.8 Å². The van der Waals surface area contributed by atoms with Crippen molar-refractivity contribution in [1.29, 1.82) is 0 Å². The minimum atomic E-state index is 0.270. The van der Waals surface area contributed by atoms with Gasteiger partial charge < -0.3 is 14.6 Å². The van der Waals surface area contributed by atoms with Crippen LogP contribution in [-0.2, 0) is 6.54 Å². The first-order chi connectivity index (χ1) is 14.6. The Balaban J connectivity index is 1.41. The molecule has 6 heteroatoms. The van der Waals surface area contributed by atoms with Crippen LogP contribution in [0.15, 0.2) is 45.6 Å². The average Bonchev–Trinajstić information content (AvgIpc) is 3.05. The standard InChI is InChI=1S/C24H27ClN4O/c1-15-5-3-4-6-21(15)30-18-9-7-16(8-10-18)22-23-19(14-26-28-22)24-20(27-23)13-17(25)11-12-29(24)2/h3-6,11,13,16,18,27H,7-10,12,14H2,1-2H3. The molecule has 3 heterocycles. The molecule has 0 atom stereocenters. The molecule has 1 saturated carbocycles. The third-order valence-corrected chi connectivity index (χ3v) is 6.70. The first-order valence-electron chi connectivity index (χ1n) is 10.7. The molecule has 1 aliphatic carbocycles. The molecule has 2 aliphatic heterocycles. The maximum atomic E-state index is 6.35. The highest BCUT2D eigenvalue weighted by Gasteiger charge is 2.29. The summed E-state index contributed by atoms with van der Waals surface area (Å²) in [6.07, 6.45) is 8.52. The van der Waals surface area contributed by atoms with Gasteiger partial charge in [0.05, 0.1) is 34.7 Å². The molecular formula is C24H27ClN4O. The number of para-hydroxylation sites is 1. The Morgan fingerprint density at radius 1 is 1.17 bits per heavy atom. The molecule has 5 nitrogen and oxygen atoms in total. The Morgan fingerprint density at radius 2 is 1.97 bits per heavy atom. The summed E-state index contributed by atoms with van der Waals surface area (Å²) in [5.74, 6) is 1.41. The van der Waals surface area contributed by atoms with Gasteiger partial charge in [0.1, 0.15) is 5.75 Å². The van der Waals surface area contributed by atoms with Crippen molar-refractivity contribution in [3.8, 4) is 5.75 Å². The number of fused-ring (bicyclic) bond motifs is 3. The van der Waals surface area contributed by atoms with E-state index in [4.69, 9.17) is 16.3 Å². The van der Waals surface area contributed by atoms with E-state index >= 15 is 0 Å². The number of ether oxygens (including phenoxy) is 1. The van der Waals surface area contributed by atoms with Crippen molar-refractivity contribution < 1.29 is 4.74 Å². The molecule has 3 aliphatic rings. The zero-order valence-electron chi connectivity index (χ0n) is 17.5. The lowest BCUT2D eigenvalue weighted by Crippen LogP contribution is -2.28. The van der Waals surface area contributed by atoms with E-state index in [1.807, 2.05) is 18.2 Å². The van der Waals surface area contributed by atoms with Crippen molar-refractivity contribution in [1.82, 2.24) is 4.98 Å². The van der Waals surface area contributed by atoms with Crippen molar-refractivity contribution >= 4 is 29.1 Å². The monoisotopic (exact) mass is 422 g/mol. The molecule has 2 aromatic rings. The number of halogens is 1. The highest BCUT2D eigenvalue weighted by atomic mass is 35.5. The maximum absolute atomic E-state index is 6.35. The average molecular weight is 423 g/mol.